The first-order chi connectivity index (χ1) is 18.9. The van der Waals surface area contributed by atoms with Gasteiger partial charge in [0.15, 0.2) is 17.9 Å². The maximum atomic E-state index is 13.7. The van der Waals surface area contributed by atoms with Gasteiger partial charge >= 0.3 is 0 Å². The summed E-state index contributed by atoms with van der Waals surface area (Å²) in [6.45, 7) is 0.403. The average Bonchev–Trinajstić information content (AvgIpc) is 2.93. The topological polar surface area (TPSA) is 226 Å². The third-order valence-corrected chi connectivity index (χ3v) is 7.96. The van der Waals surface area contributed by atoms with Gasteiger partial charge in [0.05, 0.1) is 42.6 Å². The van der Waals surface area contributed by atoms with Crippen molar-refractivity contribution in [3.63, 3.8) is 0 Å². The van der Waals surface area contributed by atoms with Gasteiger partial charge in [0.2, 0.25) is 5.78 Å². The van der Waals surface area contributed by atoms with Crippen molar-refractivity contribution < 1.29 is 59.2 Å². The van der Waals surface area contributed by atoms with Gasteiger partial charge in [-0.15, -0.1) is 12.4 Å². The quantitative estimate of drug-likeness (QED) is 0.183. The molecule has 41 heavy (non-hydrogen) atoms. The highest BCUT2D eigenvalue weighted by molar-refractivity contribution is 6.31. The molecule has 0 saturated carbocycles. The molecule has 13 nitrogen and oxygen atoms in total. The first kappa shape index (κ1) is 30.8. The van der Waals surface area contributed by atoms with Gasteiger partial charge in [-0.25, -0.2) is 0 Å². The number of aromatic hydroxyl groups is 2. The van der Waals surface area contributed by atoms with Gasteiger partial charge in [-0.1, -0.05) is 12.1 Å². The van der Waals surface area contributed by atoms with Crippen molar-refractivity contribution in [2.75, 3.05) is 13.7 Å². The Morgan fingerprint density at radius 3 is 2.37 bits per heavy atom. The summed E-state index contributed by atoms with van der Waals surface area (Å²) in [4.78, 5) is 39.7. The Kier molecular flexibility index (Phi) is 8.21. The fourth-order valence-corrected chi connectivity index (χ4v) is 5.69. The molecule has 8 N–H and O–H groups in total. The van der Waals surface area contributed by atoms with Crippen molar-refractivity contribution in [1.29, 1.82) is 0 Å². The SMILES string of the molecule is COc1cccc2c1C(=O)c1c(O)c3c(c(O)c1C2=O)C[C@@](O)(C(C)=O)C[C@@H]3O[C@H]1O[C@H](CO)[C@@H](O)[C@H](O)[C@H]1N.Cl. The van der Waals surface area contributed by atoms with Crippen LogP contribution in [0.1, 0.15) is 62.4 Å². The van der Waals surface area contributed by atoms with Crippen molar-refractivity contribution in [3.05, 3.63) is 51.6 Å². The highest BCUT2D eigenvalue weighted by atomic mass is 35.5. The number of aliphatic hydroxyl groups is 4. The molecule has 2 aliphatic carbocycles. The molecule has 14 heteroatoms. The van der Waals surface area contributed by atoms with Crippen molar-refractivity contribution in [2.45, 2.75) is 62.1 Å². The number of phenols is 2. The number of Topliss-reactive ketones (excluding diaryl/α,β-unsaturated/α-hetero) is 1. The van der Waals surface area contributed by atoms with E-state index in [9.17, 15) is 45.0 Å². The molecule has 0 radical (unpaired) electrons. The number of halogens is 1. The molecule has 1 saturated heterocycles. The largest absolute Gasteiger partial charge is 0.507 e. The van der Waals surface area contributed by atoms with E-state index in [0.29, 0.717) is 0 Å². The summed E-state index contributed by atoms with van der Waals surface area (Å²) in [7, 11) is 1.30. The molecule has 0 bridgehead atoms. The van der Waals surface area contributed by atoms with Crippen LogP contribution in [0.3, 0.4) is 0 Å². The minimum absolute atomic E-state index is 0. The molecule has 0 aromatic heterocycles. The number of ketones is 3. The van der Waals surface area contributed by atoms with E-state index in [4.69, 9.17) is 19.9 Å². The second kappa shape index (κ2) is 10.9. The number of carbonyl (C=O) groups excluding carboxylic acids is 3. The smallest absolute Gasteiger partial charge is 0.202 e. The van der Waals surface area contributed by atoms with Crippen LogP contribution >= 0.6 is 12.4 Å². The molecule has 222 valence electrons. The zero-order chi connectivity index (χ0) is 29.3. The van der Waals surface area contributed by atoms with Crippen molar-refractivity contribution in [1.82, 2.24) is 0 Å². The number of methoxy groups -OCH3 is 1. The number of fused-ring (bicyclic) bond motifs is 3. The third-order valence-electron chi connectivity index (χ3n) is 7.96. The van der Waals surface area contributed by atoms with Gasteiger partial charge < -0.3 is 50.6 Å². The second-order valence-electron chi connectivity index (χ2n) is 10.3. The number of carbonyl (C=O) groups is 3. The minimum atomic E-state index is -2.13. The second-order valence-corrected chi connectivity index (χ2v) is 10.3. The molecule has 0 amide bonds. The van der Waals surface area contributed by atoms with E-state index >= 15 is 0 Å². The number of hydrogen-bond acceptors (Lipinski definition) is 13. The van der Waals surface area contributed by atoms with E-state index in [1.54, 1.807) is 0 Å². The maximum Gasteiger partial charge on any atom is 0.202 e. The van der Waals surface area contributed by atoms with E-state index in [0.717, 1.165) is 6.92 Å². The lowest BCUT2D eigenvalue weighted by Gasteiger charge is -2.44. The number of rotatable bonds is 5. The lowest BCUT2D eigenvalue weighted by molar-refractivity contribution is -0.283. The van der Waals surface area contributed by atoms with Crippen LogP contribution in [-0.2, 0) is 20.7 Å². The number of hydrogen-bond donors (Lipinski definition) is 7. The molecule has 1 fully saturated rings. The molecule has 3 aliphatic rings. The van der Waals surface area contributed by atoms with Crippen LogP contribution in [0.5, 0.6) is 17.2 Å². The lowest BCUT2D eigenvalue weighted by atomic mass is 9.72. The molecule has 5 rings (SSSR count). The number of benzene rings is 2. The van der Waals surface area contributed by atoms with Crippen molar-refractivity contribution in [3.8, 4) is 17.2 Å². The predicted molar refractivity (Wildman–Crippen MR) is 140 cm³/mol. The normalized spacial score (nSPS) is 30.5. The first-order valence-corrected chi connectivity index (χ1v) is 12.5. The molecular formula is C27H30ClNO12. The lowest BCUT2D eigenvalue weighted by Crippen LogP contribution is -2.62. The molecular weight excluding hydrogens is 566 g/mol. The van der Waals surface area contributed by atoms with Crippen LogP contribution in [0.2, 0.25) is 0 Å². The fraction of sp³-hybridized carbons (Fsp3) is 0.444. The molecule has 2 aromatic rings. The Bertz CT molecular complexity index is 1430. The molecule has 0 spiro atoms. The summed E-state index contributed by atoms with van der Waals surface area (Å²) >= 11 is 0. The van der Waals surface area contributed by atoms with Gasteiger partial charge in [-0.3, -0.25) is 14.4 Å². The van der Waals surface area contributed by atoms with Crippen molar-refractivity contribution in [2.24, 2.45) is 5.73 Å². The summed E-state index contributed by atoms with van der Waals surface area (Å²) in [5.74, 6) is -3.68. The summed E-state index contributed by atoms with van der Waals surface area (Å²) in [6, 6.07) is 2.94. The Morgan fingerprint density at radius 1 is 1.10 bits per heavy atom. The summed E-state index contributed by atoms with van der Waals surface area (Å²) < 4.78 is 16.7. The van der Waals surface area contributed by atoms with E-state index in [2.05, 4.69) is 0 Å². The highest BCUT2D eigenvalue weighted by Crippen LogP contribution is 2.52. The Hall–Kier alpha value is -3.14. The molecule has 1 aliphatic heterocycles. The van der Waals surface area contributed by atoms with Crippen LogP contribution < -0.4 is 10.5 Å². The highest BCUT2D eigenvalue weighted by Gasteiger charge is 2.51. The van der Waals surface area contributed by atoms with Gasteiger partial charge in [-0.2, -0.15) is 0 Å². The molecule has 0 unspecified atom stereocenters. The monoisotopic (exact) mass is 595 g/mol. The summed E-state index contributed by atoms with van der Waals surface area (Å²) in [5.41, 5.74) is 2.26. The van der Waals surface area contributed by atoms with E-state index in [-0.39, 0.29) is 40.4 Å². The van der Waals surface area contributed by atoms with Crippen molar-refractivity contribution >= 4 is 29.8 Å². The van der Waals surface area contributed by atoms with Gasteiger partial charge in [0.25, 0.3) is 0 Å². The predicted octanol–water partition coefficient (Wildman–Crippen LogP) is -0.606. The van der Waals surface area contributed by atoms with Gasteiger partial charge in [0.1, 0.15) is 41.2 Å². The van der Waals surface area contributed by atoms with Crippen LogP contribution in [0.25, 0.3) is 0 Å². The maximum absolute atomic E-state index is 13.7. The molecule has 7 atom stereocenters. The van der Waals surface area contributed by atoms with E-state index in [1.807, 2.05) is 0 Å². The minimum Gasteiger partial charge on any atom is -0.507 e. The summed E-state index contributed by atoms with van der Waals surface area (Å²) in [5, 5.41) is 64.1. The Labute approximate surface area is 239 Å². The molecule has 1 heterocycles. The van der Waals surface area contributed by atoms with Crippen LogP contribution in [0, 0.1) is 0 Å². The fourth-order valence-electron chi connectivity index (χ4n) is 5.69. The number of phenolic OH excluding ortho intramolecular Hbond substituents is 2. The van der Waals surface area contributed by atoms with E-state index in [1.165, 1.54) is 25.3 Å². The zero-order valence-corrected chi connectivity index (χ0v) is 22.8. The zero-order valence-electron chi connectivity index (χ0n) is 21.9. The standard InChI is InChI=1S/C27H29NO12.ClH/c1-9(30)27(37)6-11-16(13(7-27)39-26-19(28)25(36)22(33)14(8-29)40-26)24(35)18-17(21(11)32)20(31)10-4-3-5-12(38-2)15(10)23(18)34;/h3-5,13-14,19,22,25-26,29,32-33,35-37H,6-8,28H2,1-2H3;1H/t13-,14+,19+,22+,25+,26-,27-;/m0./s1. The average molecular weight is 596 g/mol. The molecule has 2 aromatic carbocycles. The van der Waals surface area contributed by atoms with E-state index < -0.39 is 102 Å². The Balaban J connectivity index is 0.00000387. The Morgan fingerprint density at radius 2 is 1.76 bits per heavy atom. The first-order valence-electron chi connectivity index (χ1n) is 12.5. The summed E-state index contributed by atoms with van der Waals surface area (Å²) in [6.07, 6.45) is -8.45. The third kappa shape index (κ3) is 4.58. The number of nitrogens with two attached hydrogens (primary N) is 1. The van der Waals surface area contributed by atoms with Crippen LogP contribution in [0.4, 0.5) is 0 Å². The van der Waals surface area contributed by atoms with Gasteiger partial charge in [0, 0.05) is 29.5 Å². The number of aliphatic hydroxyl groups excluding tert-OH is 3. The van der Waals surface area contributed by atoms with Gasteiger partial charge in [-0.05, 0) is 13.0 Å². The van der Waals surface area contributed by atoms with Crippen LogP contribution in [-0.4, -0.2) is 98.0 Å². The van der Waals surface area contributed by atoms with Crippen LogP contribution in [0.15, 0.2) is 18.2 Å². The number of ether oxygens (including phenoxy) is 3.